The number of rotatable bonds is 5. The average Bonchev–Trinajstić information content (AvgIpc) is 3.27. The molecule has 2 heterocycles. The number of carbonyl (C=O) groups excluding carboxylic acids is 1. The first-order valence-corrected chi connectivity index (χ1v) is 9.87. The largest absolute Gasteiger partial charge is 0.387 e. The van der Waals surface area contributed by atoms with E-state index in [1.165, 1.54) is 29.6 Å². The number of likely N-dealkylation sites (tertiary alicyclic amines) is 1. The van der Waals surface area contributed by atoms with Crippen LogP contribution in [0.15, 0.2) is 46.3 Å². The van der Waals surface area contributed by atoms with Crippen molar-refractivity contribution < 1.29 is 14.3 Å². The van der Waals surface area contributed by atoms with Crippen molar-refractivity contribution in [3.05, 3.63) is 62.5 Å². The fourth-order valence-corrected chi connectivity index (χ4v) is 4.23. The van der Waals surface area contributed by atoms with Gasteiger partial charge in [-0.05, 0) is 55.0 Å². The Kier molecular flexibility index (Phi) is 6.04. The van der Waals surface area contributed by atoms with Crippen molar-refractivity contribution in [3.63, 3.8) is 0 Å². The van der Waals surface area contributed by atoms with Gasteiger partial charge in [0.25, 0.3) is 0 Å². The number of amides is 1. The lowest BCUT2D eigenvalue weighted by Gasteiger charge is -2.25. The molecule has 1 aliphatic rings. The Morgan fingerprint density at radius 1 is 1.48 bits per heavy atom. The Labute approximate surface area is 158 Å². The number of aliphatic hydroxyl groups is 1. The summed E-state index contributed by atoms with van der Waals surface area (Å²) >= 11 is 4.82. The first-order valence-electron chi connectivity index (χ1n) is 8.20. The van der Waals surface area contributed by atoms with Crippen LogP contribution in [-0.4, -0.2) is 28.5 Å². The van der Waals surface area contributed by atoms with Crippen molar-refractivity contribution >= 4 is 39.2 Å². The van der Waals surface area contributed by atoms with Crippen LogP contribution in [0.4, 0.5) is 4.39 Å². The van der Waals surface area contributed by atoms with Gasteiger partial charge < -0.3 is 10.0 Å². The summed E-state index contributed by atoms with van der Waals surface area (Å²) in [6, 6.07) is 8.46. The summed E-state index contributed by atoms with van der Waals surface area (Å²) in [6.07, 6.45) is 4.71. The van der Waals surface area contributed by atoms with Crippen molar-refractivity contribution in [2.75, 3.05) is 6.54 Å². The van der Waals surface area contributed by atoms with Crippen molar-refractivity contribution in [1.29, 1.82) is 0 Å². The monoisotopic (exact) mass is 423 g/mol. The van der Waals surface area contributed by atoms with Crippen molar-refractivity contribution in [1.82, 2.24) is 4.90 Å². The first-order chi connectivity index (χ1) is 12.0. The van der Waals surface area contributed by atoms with Gasteiger partial charge >= 0.3 is 0 Å². The topological polar surface area (TPSA) is 40.5 Å². The summed E-state index contributed by atoms with van der Waals surface area (Å²) in [6.45, 7) is 0.673. The Hall–Kier alpha value is -1.50. The Bertz CT molecular complexity index is 763. The molecule has 6 heteroatoms. The third-order valence-electron chi connectivity index (χ3n) is 4.39. The molecule has 0 aliphatic carbocycles. The van der Waals surface area contributed by atoms with E-state index >= 15 is 0 Å². The summed E-state index contributed by atoms with van der Waals surface area (Å²) in [4.78, 5) is 15.2. The molecule has 2 atom stereocenters. The SMILES string of the molecule is O=C(/C=C\c1cc(Br)ccc1F)N1CCC[C@@H]1C[C@@H](O)c1cccs1. The second-order valence-corrected chi connectivity index (χ2v) is 7.99. The quantitative estimate of drug-likeness (QED) is 0.702. The maximum Gasteiger partial charge on any atom is 0.246 e. The third kappa shape index (κ3) is 4.57. The number of aliphatic hydroxyl groups excluding tert-OH is 1. The molecule has 132 valence electrons. The average molecular weight is 424 g/mol. The molecule has 3 rings (SSSR count). The molecule has 0 spiro atoms. The molecule has 0 bridgehead atoms. The molecule has 1 aliphatic heterocycles. The maximum atomic E-state index is 13.8. The summed E-state index contributed by atoms with van der Waals surface area (Å²) in [5, 5.41) is 12.3. The smallest absolute Gasteiger partial charge is 0.246 e. The molecule has 3 nitrogen and oxygen atoms in total. The molecular formula is C19H19BrFNO2S. The van der Waals surface area contributed by atoms with E-state index in [4.69, 9.17) is 0 Å². The van der Waals surface area contributed by atoms with Gasteiger partial charge in [-0.15, -0.1) is 11.3 Å². The number of thiophene rings is 1. The Morgan fingerprint density at radius 3 is 3.08 bits per heavy atom. The highest BCUT2D eigenvalue weighted by Crippen LogP contribution is 2.29. The van der Waals surface area contributed by atoms with Crippen LogP contribution in [0.5, 0.6) is 0 Å². The number of benzene rings is 1. The van der Waals surface area contributed by atoms with Crippen LogP contribution in [0.2, 0.25) is 0 Å². The van der Waals surface area contributed by atoms with Crippen LogP contribution in [0, 0.1) is 5.82 Å². The van der Waals surface area contributed by atoms with Gasteiger partial charge in [0.2, 0.25) is 5.91 Å². The van der Waals surface area contributed by atoms with Gasteiger partial charge in [0.15, 0.2) is 0 Å². The van der Waals surface area contributed by atoms with E-state index in [0.717, 1.165) is 22.2 Å². The number of hydrogen-bond acceptors (Lipinski definition) is 3. The molecule has 0 saturated carbocycles. The molecule has 0 radical (unpaired) electrons. The van der Waals surface area contributed by atoms with E-state index < -0.39 is 6.10 Å². The van der Waals surface area contributed by atoms with E-state index in [0.29, 0.717) is 18.5 Å². The minimum Gasteiger partial charge on any atom is -0.387 e. The van der Waals surface area contributed by atoms with Crippen LogP contribution >= 0.6 is 27.3 Å². The molecule has 25 heavy (non-hydrogen) atoms. The summed E-state index contributed by atoms with van der Waals surface area (Å²) in [5.74, 6) is -0.501. The summed E-state index contributed by atoms with van der Waals surface area (Å²) < 4.78 is 14.5. The number of nitrogens with zero attached hydrogens (tertiary/aromatic N) is 1. The van der Waals surface area contributed by atoms with Gasteiger partial charge in [-0.25, -0.2) is 4.39 Å². The molecule has 0 unspecified atom stereocenters. The van der Waals surface area contributed by atoms with E-state index in [1.54, 1.807) is 17.0 Å². The molecule has 1 saturated heterocycles. The highest BCUT2D eigenvalue weighted by atomic mass is 79.9. The minimum absolute atomic E-state index is 0.0154. The lowest BCUT2D eigenvalue weighted by atomic mass is 10.1. The van der Waals surface area contributed by atoms with E-state index in [2.05, 4.69) is 15.9 Å². The fourth-order valence-electron chi connectivity index (χ4n) is 3.12. The van der Waals surface area contributed by atoms with Crippen LogP contribution in [0.3, 0.4) is 0 Å². The van der Waals surface area contributed by atoms with E-state index in [9.17, 15) is 14.3 Å². The maximum absolute atomic E-state index is 13.8. The van der Waals surface area contributed by atoms with Crippen LogP contribution in [0.25, 0.3) is 6.08 Å². The van der Waals surface area contributed by atoms with Crippen LogP contribution in [-0.2, 0) is 4.79 Å². The molecule has 1 N–H and O–H groups in total. The van der Waals surface area contributed by atoms with Crippen molar-refractivity contribution in [3.8, 4) is 0 Å². The van der Waals surface area contributed by atoms with E-state index in [1.807, 2.05) is 17.5 Å². The molecule has 2 aromatic rings. The first kappa shape index (κ1) is 18.3. The lowest BCUT2D eigenvalue weighted by Crippen LogP contribution is -2.35. The fraction of sp³-hybridized carbons (Fsp3) is 0.316. The van der Waals surface area contributed by atoms with Gasteiger partial charge in [0.05, 0.1) is 6.10 Å². The van der Waals surface area contributed by atoms with Gasteiger partial charge in [-0.3, -0.25) is 4.79 Å². The Morgan fingerprint density at radius 2 is 2.32 bits per heavy atom. The van der Waals surface area contributed by atoms with Gasteiger partial charge in [-0.2, -0.15) is 0 Å². The van der Waals surface area contributed by atoms with Crippen molar-refractivity contribution in [2.45, 2.75) is 31.4 Å². The molecule has 1 amide bonds. The third-order valence-corrected chi connectivity index (χ3v) is 5.86. The molecule has 1 fully saturated rings. The number of hydrogen-bond donors (Lipinski definition) is 1. The van der Waals surface area contributed by atoms with Crippen LogP contribution < -0.4 is 0 Å². The zero-order valence-corrected chi connectivity index (χ0v) is 16.0. The molecular weight excluding hydrogens is 405 g/mol. The number of halogens is 2. The minimum atomic E-state index is -0.551. The van der Waals surface area contributed by atoms with Gasteiger partial charge in [0, 0.05) is 33.6 Å². The standard InChI is InChI=1S/C19H19BrFNO2S/c20-14-6-7-16(21)13(11-14)5-8-19(24)22-9-1-3-15(22)12-17(23)18-4-2-10-25-18/h2,4-8,10-11,15,17,23H,1,3,9,12H2/b8-5-/t15-,17-/m1/s1. The summed E-state index contributed by atoms with van der Waals surface area (Å²) in [7, 11) is 0. The lowest BCUT2D eigenvalue weighted by molar-refractivity contribution is -0.127. The Balaban J connectivity index is 1.66. The highest BCUT2D eigenvalue weighted by molar-refractivity contribution is 9.10. The van der Waals surface area contributed by atoms with E-state index in [-0.39, 0.29) is 17.8 Å². The van der Waals surface area contributed by atoms with Crippen molar-refractivity contribution in [2.24, 2.45) is 0 Å². The predicted molar refractivity (Wildman–Crippen MR) is 102 cm³/mol. The predicted octanol–water partition coefficient (Wildman–Crippen LogP) is 4.78. The summed E-state index contributed by atoms with van der Waals surface area (Å²) in [5.41, 5.74) is 0.372. The number of carbonyl (C=O) groups is 1. The zero-order chi connectivity index (χ0) is 17.8. The zero-order valence-electron chi connectivity index (χ0n) is 13.6. The normalized spacial score (nSPS) is 18.8. The highest BCUT2D eigenvalue weighted by Gasteiger charge is 2.29. The second-order valence-electron chi connectivity index (χ2n) is 6.09. The van der Waals surface area contributed by atoms with Gasteiger partial charge in [-0.1, -0.05) is 22.0 Å². The van der Waals surface area contributed by atoms with Gasteiger partial charge in [0.1, 0.15) is 5.82 Å². The molecule has 1 aromatic heterocycles. The second kappa shape index (κ2) is 8.25. The van der Waals surface area contributed by atoms with Crippen LogP contribution in [0.1, 0.15) is 35.8 Å². The molecule has 1 aromatic carbocycles.